The second-order valence-electron chi connectivity index (χ2n) is 6.40. The van der Waals surface area contributed by atoms with Crippen molar-refractivity contribution in [1.29, 1.82) is 0 Å². The fourth-order valence-corrected chi connectivity index (χ4v) is 4.54. The van der Waals surface area contributed by atoms with Crippen LogP contribution in [0.1, 0.15) is 40.0 Å². The molecule has 2 aromatic rings. The average molecular weight is 403 g/mol. The minimum absolute atomic E-state index is 0.0740. The van der Waals surface area contributed by atoms with E-state index >= 15 is 0 Å². The average Bonchev–Trinajstić information content (AvgIpc) is 2.74. The van der Waals surface area contributed by atoms with Gasteiger partial charge in [0.2, 0.25) is 10.0 Å². The lowest BCUT2D eigenvalue weighted by molar-refractivity contribution is 0.0600. The first kappa shape index (κ1) is 20.0. The smallest absolute Gasteiger partial charge is 0.343 e. The van der Waals surface area contributed by atoms with Crippen LogP contribution in [0.5, 0.6) is 5.75 Å². The van der Waals surface area contributed by atoms with E-state index in [4.69, 9.17) is 4.74 Å². The van der Waals surface area contributed by atoms with Crippen LogP contribution in [0.15, 0.2) is 53.4 Å². The van der Waals surface area contributed by atoms with Crippen molar-refractivity contribution in [3.8, 4) is 5.75 Å². The number of hydrogen-bond acceptors (Lipinski definition) is 6. The first-order valence-corrected chi connectivity index (χ1v) is 10.4. The molecule has 3 rings (SSSR count). The predicted molar refractivity (Wildman–Crippen MR) is 102 cm³/mol. The number of carbonyl (C=O) groups is 2. The Morgan fingerprint density at radius 1 is 0.893 bits per heavy atom. The van der Waals surface area contributed by atoms with Crippen LogP contribution in [0.2, 0.25) is 0 Å². The Balaban J connectivity index is 1.76. The summed E-state index contributed by atoms with van der Waals surface area (Å²) in [6, 6.07) is 11.7. The predicted octanol–water partition coefficient (Wildman–Crippen LogP) is 2.87. The molecule has 8 heteroatoms. The van der Waals surface area contributed by atoms with Crippen LogP contribution in [0, 0.1) is 0 Å². The Morgan fingerprint density at radius 3 is 2.21 bits per heavy atom. The van der Waals surface area contributed by atoms with Crippen LogP contribution in [0.25, 0.3) is 0 Å². The normalized spacial score (nSPS) is 15.0. The van der Waals surface area contributed by atoms with Gasteiger partial charge in [0.1, 0.15) is 5.75 Å². The summed E-state index contributed by atoms with van der Waals surface area (Å²) in [6.45, 7) is 0.979. The van der Waals surface area contributed by atoms with Crippen molar-refractivity contribution < 1.29 is 27.5 Å². The van der Waals surface area contributed by atoms with E-state index in [1.165, 1.54) is 59.9 Å². The van der Waals surface area contributed by atoms with Gasteiger partial charge in [-0.05, 0) is 55.3 Å². The summed E-state index contributed by atoms with van der Waals surface area (Å²) >= 11 is 0. The molecule has 1 fully saturated rings. The largest absolute Gasteiger partial charge is 0.465 e. The lowest BCUT2D eigenvalue weighted by atomic mass is 10.2. The molecule has 7 nitrogen and oxygen atoms in total. The van der Waals surface area contributed by atoms with Gasteiger partial charge < -0.3 is 9.47 Å². The van der Waals surface area contributed by atoms with Gasteiger partial charge in [0.25, 0.3) is 0 Å². The molecule has 0 unspecified atom stereocenters. The van der Waals surface area contributed by atoms with Crippen molar-refractivity contribution in [2.45, 2.75) is 24.2 Å². The number of ether oxygens (including phenoxy) is 2. The molecule has 148 valence electrons. The standard InChI is InChI=1S/C20H21NO6S/c1-26-19(22)15-8-10-17(11-9-15)27-20(23)16-6-5-7-18(14-16)28(24,25)21-12-3-2-4-13-21/h5-11,14H,2-4,12-13H2,1H3. The molecule has 0 spiro atoms. The van der Waals surface area contributed by atoms with E-state index in [2.05, 4.69) is 4.74 Å². The molecule has 0 N–H and O–H groups in total. The van der Waals surface area contributed by atoms with Crippen molar-refractivity contribution in [3.63, 3.8) is 0 Å². The zero-order chi connectivity index (χ0) is 20.1. The topological polar surface area (TPSA) is 90.0 Å². The summed E-state index contributed by atoms with van der Waals surface area (Å²) < 4.78 is 36.9. The lowest BCUT2D eigenvalue weighted by Crippen LogP contribution is -2.35. The molecule has 0 radical (unpaired) electrons. The maximum absolute atomic E-state index is 12.8. The molecule has 0 aromatic heterocycles. The van der Waals surface area contributed by atoms with Gasteiger partial charge in [-0.1, -0.05) is 12.5 Å². The molecular formula is C20H21NO6S. The van der Waals surface area contributed by atoms with Crippen LogP contribution < -0.4 is 4.74 Å². The van der Waals surface area contributed by atoms with Gasteiger partial charge in [-0.3, -0.25) is 0 Å². The highest BCUT2D eigenvalue weighted by Gasteiger charge is 2.26. The highest BCUT2D eigenvalue weighted by molar-refractivity contribution is 7.89. The third-order valence-electron chi connectivity index (χ3n) is 4.51. The number of methoxy groups -OCH3 is 1. The number of rotatable bonds is 5. The quantitative estimate of drug-likeness (QED) is 0.563. The van der Waals surface area contributed by atoms with E-state index in [0.29, 0.717) is 18.7 Å². The van der Waals surface area contributed by atoms with Gasteiger partial charge >= 0.3 is 11.9 Å². The highest BCUT2D eigenvalue weighted by Crippen LogP contribution is 2.22. The van der Waals surface area contributed by atoms with E-state index < -0.39 is 22.0 Å². The van der Waals surface area contributed by atoms with Crippen LogP contribution >= 0.6 is 0 Å². The second-order valence-corrected chi connectivity index (χ2v) is 8.34. The fraction of sp³-hybridized carbons (Fsp3) is 0.300. The summed E-state index contributed by atoms with van der Waals surface area (Å²) in [5, 5.41) is 0. The number of benzene rings is 2. The molecule has 1 heterocycles. The maximum Gasteiger partial charge on any atom is 0.343 e. The molecule has 28 heavy (non-hydrogen) atoms. The summed E-state index contributed by atoms with van der Waals surface area (Å²) in [5.41, 5.74) is 0.465. The Kier molecular flexibility index (Phi) is 6.11. The third-order valence-corrected chi connectivity index (χ3v) is 6.40. The molecule has 0 aliphatic carbocycles. The first-order valence-electron chi connectivity index (χ1n) is 8.92. The van der Waals surface area contributed by atoms with Crippen molar-refractivity contribution in [2.24, 2.45) is 0 Å². The minimum Gasteiger partial charge on any atom is -0.465 e. The number of hydrogen-bond donors (Lipinski definition) is 0. The molecule has 0 bridgehead atoms. The molecule has 1 saturated heterocycles. The molecule has 1 aliphatic rings. The van der Waals surface area contributed by atoms with Gasteiger partial charge in [0.05, 0.1) is 23.1 Å². The number of sulfonamides is 1. The fourth-order valence-electron chi connectivity index (χ4n) is 2.98. The monoisotopic (exact) mass is 403 g/mol. The summed E-state index contributed by atoms with van der Waals surface area (Å²) in [6.07, 6.45) is 2.69. The van der Waals surface area contributed by atoms with Crippen molar-refractivity contribution in [3.05, 3.63) is 59.7 Å². The van der Waals surface area contributed by atoms with E-state index in [1.807, 2.05) is 0 Å². The SMILES string of the molecule is COC(=O)c1ccc(OC(=O)c2cccc(S(=O)(=O)N3CCCCC3)c2)cc1. The molecular weight excluding hydrogens is 382 g/mol. The van der Waals surface area contributed by atoms with Crippen LogP contribution in [-0.2, 0) is 14.8 Å². The van der Waals surface area contributed by atoms with E-state index in [1.54, 1.807) is 0 Å². The van der Waals surface area contributed by atoms with E-state index in [0.717, 1.165) is 19.3 Å². The lowest BCUT2D eigenvalue weighted by Gasteiger charge is -2.25. The highest BCUT2D eigenvalue weighted by atomic mass is 32.2. The van der Waals surface area contributed by atoms with Crippen LogP contribution in [0.4, 0.5) is 0 Å². The van der Waals surface area contributed by atoms with Gasteiger partial charge in [-0.15, -0.1) is 0 Å². The number of piperidine rings is 1. The van der Waals surface area contributed by atoms with Crippen LogP contribution in [0.3, 0.4) is 0 Å². The Bertz CT molecular complexity index is 962. The van der Waals surface area contributed by atoms with Crippen LogP contribution in [-0.4, -0.2) is 44.9 Å². The van der Waals surface area contributed by atoms with Gasteiger partial charge in [0.15, 0.2) is 0 Å². The minimum atomic E-state index is -3.63. The molecule has 0 amide bonds. The summed E-state index contributed by atoms with van der Waals surface area (Å²) in [7, 11) is -2.36. The second kappa shape index (κ2) is 8.53. The zero-order valence-electron chi connectivity index (χ0n) is 15.5. The van der Waals surface area contributed by atoms with E-state index in [-0.39, 0.29) is 16.2 Å². The summed E-state index contributed by atoms with van der Waals surface area (Å²) in [5.74, 6) is -0.933. The van der Waals surface area contributed by atoms with Gasteiger partial charge in [-0.25, -0.2) is 18.0 Å². The molecule has 0 saturated carbocycles. The number of esters is 2. The zero-order valence-corrected chi connectivity index (χ0v) is 16.3. The Labute approximate surface area is 163 Å². The molecule has 1 aliphatic heterocycles. The van der Waals surface area contributed by atoms with Crippen molar-refractivity contribution >= 4 is 22.0 Å². The van der Waals surface area contributed by atoms with Crippen molar-refractivity contribution in [1.82, 2.24) is 4.31 Å². The number of nitrogens with zero attached hydrogens (tertiary/aromatic N) is 1. The first-order chi connectivity index (χ1) is 13.4. The molecule has 2 aromatic carbocycles. The molecule has 0 atom stereocenters. The Hall–Kier alpha value is -2.71. The maximum atomic E-state index is 12.8. The Morgan fingerprint density at radius 2 is 1.57 bits per heavy atom. The van der Waals surface area contributed by atoms with Gasteiger partial charge in [-0.2, -0.15) is 4.31 Å². The van der Waals surface area contributed by atoms with Crippen molar-refractivity contribution in [2.75, 3.05) is 20.2 Å². The summed E-state index contributed by atoms with van der Waals surface area (Å²) in [4.78, 5) is 23.9. The van der Waals surface area contributed by atoms with Gasteiger partial charge in [0, 0.05) is 13.1 Å². The number of carbonyl (C=O) groups excluding carboxylic acids is 2. The van der Waals surface area contributed by atoms with E-state index in [9.17, 15) is 18.0 Å². The third kappa shape index (κ3) is 4.40.